The molecular formula is C23H30N3O2S+. The van der Waals surface area contributed by atoms with E-state index >= 15 is 0 Å². The van der Waals surface area contributed by atoms with Gasteiger partial charge in [0.15, 0.2) is 12.4 Å². The number of rotatable bonds is 8. The van der Waals surface area contributed by atoms with Crippen molar-refractivity contribution in [3.8, 4) is 0 Å². The van der Waals surface area contributed by atoms with Crippen LogP contribution in [0.5, 0.6) is 0 Å². The van der Waals surface area contributed by atoms with Crippen LogP contribution in [-0.2, 0) is 16.1 Å². The Kier molecular flexibility index (Phi) is 8.14. The van der Waals surface area contributed by atoms with Gasteiger partial charge in [0.25, 0.3) is 0 Å². The van der Waals surface area contributed by atoms with Crippen LogP contribution in [0.3, 0.4) is 0 Å². The molecule has 0 unspecified atom stereocenters. The van der Waals surface area contributed by atoms with Crippen molar-refractivity contribution >= 4 is 36.4 Å². The van der Waals surface area contributed by atoms with Gasteiger partial charge < -0.3 is 9.64 Å². The van der Waals surface area contributed by atoms with Crippen LogP contribution in [0.4, 0.5) is 5.69 Å². The third kappa shape index (κ3) is 6.61. The molecule has 0 radical (unpaired) electrons. The van der Waals surface area contributed by atoms with E-state index in [4.69, 9.17) is 4.74 Å². The van der Waals surface area contributed by atoms with Gasteiger partial charge >= 0.3 is 5.97 Å². The molecule has 1 aromatic heterocycles. The lowest BCUT2D eigenvalue weighted by Crippen LogP contribution is -2.47. The maximum atomic E-state index is 11.1. The molecule has 0 amide bonds. The molecular weight excluding hydrogens is 382 g/mol. The predicted molar refractivity (Wildman–Crippen MR) is 121 cm³/mol. The van der Waals surface area contributed by atoms with Gasteiger partial charge in [-0.25, -0.2) is 4.57 Å². The van der Waals surface area contributed by atoms with Crippen LogP contribution in [0.15, 0.2) is 48.8 Å². The normalized spacial score (nSPS) is 15.0. The fourth-order valence-electron chi connectivity index (χ4n) is 3.34. The van der Waals surface area contributed by atoms with Gasteiger partial charge in [-0.2, -0.15) is 12.6 Å². The van der Waals surface area contributed by atoms with Gasteiger partial charge in [0.1, 0.15) is 13.2 Å². The summed E-state index contributed by atoms with van der Waals surface area (Å²) in [4.78, 5) is 15.9. The number of ether oxygens (including phenoxy) is 1. The highest BCUT2D eigenvalue weighted by Crippen LogP contribution is 2.18. The number of nitrogens with zero attached hydrogens (tertiary/aromatic N) is 3. The van der Waals surface area contributed by atoms with Crippen LogP contribution in [0.25, 0.3) is 12.2 Å². The Morgan fingerprint density at radius 3 is 2.24 bits per heavy atom. The number of thiol groups is 1. The molecule has 1 aliphatic rings. The SMILES string of the molecule is CC[n+]1ccc(/C=C/c2ccc(N3CCN(CCOC(=O)CS)CC3)cc2)cc1. The van der Waals surface area contributed by atoms with Gasteiger partial charge in [0, 0.05) is 50.5 Å². The second-order valence-corrected chi connectivity index (χ2v) is 7.41. The molecule has 29 heavy (non-hydrogen) atoms. The summed E-state index contributed by atoms with van der Waals surface area (Å²) in [5.74, 6) is -0.110. The predicted octanol–water partition coefficient (Wildman–Crippen LogP) is 2.76. The number of carbonyl (C=O) groups excluding carboxylic acids is 1. The second kappa shape index (κ2) is 11.0. The fourth-order valence-corrected chi connectivity index (χ4v) is 3.43. The molecule has 1 saturated heterocycles. The summed E-state index contributed by atoms with van der Waals surface area (Å²) in [6.07, 6.45) is 8.51. The van der Waals surface area contributed by atoms with E-state index in [0.29, 0.717) is 6.61 Å². The third-order valence-electron chi connectivity index (χ3n) is 5.18. The first-order valence-corrected chi connectivity index (χ1v) is 10.8. The summed E-state index contributed by atoms with van der Waals surface area (Å²) >= 11 is 3.91. The van der Waals surface area contributed by atoms with Crippen molar-refractivity contribution in [3.05, 3.63) is 59.9 Å². The number of hydrogen-bond acceptors (Lipinski definition) is 5. The van der Waals surface area contributed by atoms with E-state index in [1.807, 2.05) is 0 Å². The topological polar surface area (TPSA) is 36.7 Å². The van der Waals surface area contributed by atoms with Crippen molar-refractivity contribution in [3.63, 3.8) is 0 Å². The number of esters is 1. The van der Waals surface area contributed by atoms with Crippen molar-refractivity contribution < 1.29 is 14.1 Å². The van der Waals surface area contributed by atoms with E-state index in [1.165, 1.54) is 16.8 Å². The largest absolute Gasteiger partial charge is 0.464 e. The minimum absolute atomic E-state index is 0.142. The number of benzene rings is 1. The van der Waals surface area contributed by atoms with Crippen LogP contribution in [-0.4, -0.2) is 56.0 Å². The van der Waals surface area contributed by atoms with Crippen molar-refractivity contribution in [1.29, 1.82) is 0 Å². The van der Waals surface area contributed by atoms with Gasteiger partial charge in [0.05, 0.1) is 5.75 Å². The highest BCUT2D eigenvalue weighted by molar-refractivity contribution is 7.81. The summed E-state index contributed by atoms with van der Waals surface area (Å²) in [5.41, 5.74) is 3.66. The molecule has 2 heterocycles. The molecule has 1 aliphatic heterocycles. The van der Waals surface area contributed by atoms with E-state index < -0.39 is 0 Å². The molecule has 3 rings (SSSR count). The zero-order chi connectivity index (χ0) is 20.5. The molecule has 0 atom stereocenters. The monoisotopic (exact) mass is 412 g/mol. The van der Waals surface area contributed by atoms with E-state index in [2.05, 4.69) is 94.9 Å². The highest BCUT2D eigenvalue weighted by Gasteiger charge is 2.17. The summed E-state index contributed by atoms with van der Waals surface area (Å²) < 4.78 is 7.26. The molecule has 0 saturated carbocycles. The smallest absolute Gasteiger partial charge is 0.315 e. The summed E-state index contributed by atoms with van der Waals surface area (Å²) in [7, 11) is 0. The third-order valence-corrected chi connectivity index (χ3v) is 5.44. The Morgan fingerprint density at radius 2 is 1.66 bits per heavy atom. The lowest BCUT2D eigenvalue weighted by molar-refractivity contribution is -0.693. The average molecular weight is 413 g/mol. The maximum absolute atomic E-state index is 11.1. The number of aryl methyl sites for hydroxylation is 1. The minimum atomic E-state index is -0.252. The van der Waals surface area contributed by atoms with Crippen LogP contribution in [0.2, 0.25) is 0 Å². The fraction of sp³-hybridized carbons (Fsp3) is 0.391. The Morgan fingerprint density at radius 1 is 1.03 bits per heavy atom. The highest BCUT2D eigenvalue weighted by atomic mass is 32.1. The van der Waals surface area contributed by atoms with Gasteiger partial charge in [0.2, 0.25) is 0 Å². The number of hydrogen-bond donors (Lipinski definition) is 1. The Bertz CT molecular complexity index is 798. The standard InChI is InChI=1S/C23H29N3O2S/c1-2-24-11-9-21(10-12-24)4-3-20-5-7-22(8-6-20)26-15-13-25(14-16-26)17-18-28-23(27)19-29/h3-12H,2,13-19H2,1H3/p+1. The molecule has 0 N–H and O–H groups in total. The molecule has 0 aliphatic carbocycles. The van der Waals surface area contributed by atoms with Crippen molar-refractivity contribution in [2.24, 2.45) is 0 Å². The molecule has 6 heteroatoms. The first-order chi connectivity index (χ1) is 14.2. The first-order valence-electron chi connectivity index (χ1n) is 10.2. The van der Waals surface area contributed by atoms with Crippen LogP contribution < -0.4 is 9.47 Å². The quantitative estimate of drug-likeness (QED) is 0.411. The van der Waals surface area contributed by atoms with Crippen molar-refractivity contribution in [2.75, 3.05) is 50.0 Å². The van der Waals surface area contributed by atoms with Crippen LogP contribution in [0, 0.1) is 0 Å². The first kappa shape index (κ1) is 21.4. The van der Waals surface area contributed by atoms with E-state index in [1.54, 1.807) is 0 Å². The lowest BCUT2D eigenvalue weighted by Gasteiger charge is -2.36. The Labute approximate surface area is 179 Å². The van der Waals surface area contributed by atoms with Gasteiger partial charge in [-0.15, -0.1) is 0 Å². The van der Waals surface area contributed by atoms with Gasteiger partial charge in [-0.1, -0.05) is 24.3 Å². The zero-order valence-electron chi connectivity index (χ0n) is 17.0. The Balaban J connectivity index is 1.46. The second-order valence-electron chi connectivity index (χ2n) is 7.09. The molecule has 0 spiro atoms. The molecule has 2 aromatic rings. The van der Waals surface area contributed by atoms with E-state index in [9.17, 15) is 4.79 Å². The number of aromatic nitrogens is 1. The minimum Gasteiger partial charge on any atom is -0.464 e. The lowest BCUT2D eigenvalue weighted by atomic mass is 10.1. The number of carbonyl (C=O) groups is 1. The van der Waals surface area contributed by atoms with Crippen molar-refractivity contribution in [2.45, 2.75) is 13.5 Å². The summed E-state index contributed by atoms with van der Waals surface area (Å²) in [6.45, 7) is 8.28. The molecule has 1 fully saturated rings. The van der Waals surface area contributed by atoms with E-state index in [-0.39, 0.29) is 11.7 Å². The van der Waals surface area contributed by atoms with Crippen LogP contribution in [0.1, 0.15) is 18.1 Å². The van der Waals surface area contributed by atoms with Gasteiger partial charge in [-0.05, 0) is 30.2 Å². The van der Waals surface area contributed by atoms with Crippen molar-refractivity contribution in [1.82, 2.24) is 4.90 Å². The number of piperazine rings is 1. The summed E-state index contributed by atoms with van der Waals surface area (Å²) in [6, 6.07) is 13.0. The molecule has 1 aromatic carbocycles. The average Bonchev–Trinajstić information content (AvgIpc) is 2.78. The number of anilines is 1. The zero-order valence-corrected chi connectivity index (χ0v) is 17.9. The Hall–Kier alpha value is -2.31. The maximum Gasteiger partial charge on any atom is 0.315 e. The summed E-state index contributed by atoms with van der Waals surface area (Å²) in [5, 5.41) is 0. The molecule has 5 nitrogen and oxygen atoms in total. The van der Waals surface area contributed by atoms with E-state index in [0.717, 1.165) is 39.3 Å². The number of pyridine rings is 1. The molecule has 154 valence electrons. The van der Waals surface area contributed by atoms with Crippen LogP contribution >= 0.6 is 12.6 Å². The molecule has 0 bridgehead atoms. The van der Waals surface area contributed by atoms with Gasteiger partial charge in [-0.3, -0.25) is 9.69 Å².